The molecule has 0 aliphatic heterocycles. The van der Waals surface area contributed by atoms with E-state index in [-0.39, 0.29) is 19.4 Å². The standard InChI is InChI=1S/C52H56N10O7/c1-52(2,3)69-51(66)59-46(40-30-28-36(29-31-40)35-17-7-4-8-18-35)48(64)57-44(33-41-25-15-24-37-19-13-14-27-43(37)41)47(63)56-42(26-16-32-54-49(53)61-62(67)68)34-55-60-50(65)58-45(38-20-9-5-10-21-38)39-22-11-6-12-23-39/h4-15,17-25,27-31,34,42,44-46H,16,26,32-33H2,1-3H3,(H,56,63)(H,57,64)(H,59,66)(H3,53,54,61)(H2,58,60,65)/b55-34+/t42?,44-,46?/m0/s1. The fourth-order valence-corrected chi connectivity index (χ4v) is 7.51. The predicted octanol–water partition coefficient (Wildman–Crippen LogP) is 7.24. The molecule has 17 nitrogen and oxygen atoms in total. The SMILES string of the molecule is CC(C)(C)OC(=O)NC(C(=O)N[C@@H](Cc1cccc2ccccc12)C(=O)NC(/C=N/NC(=O)NC(c1ccccc1)c1ccccc1)CCCN/C(N)=N\[N+](=O)[O-])c1ccc(-c2ccccc2)cc1. The lowest BCUT2D eigenvalue weighted by atomic mass is 9.97. The summed E-state index contributed by atoms with van der Waals surface area (Å²) in [7, 11) is 0. The van der Waals surface area contributed by atoms with Crippen molar-refractivity contribution >= 4 is 46.9 Å². The minimum Gasteiger partial charge on any atom is -0.444 e. The highest BCUT2D eigenvalue weighted by Crippen LogP contribution is 2.25. The van der Waals surface area contributed by atoms with Crippen molar-refractivity contribution < 1.29 is 28.9 Å². The molecular weight excluding hydrogens is 877 g/mol. The van der Waals surface area contributed by atoms with E-state index in [0.717, 1.165) is 38.6 Å². The van der Waals surface area contributed by atoms with Crippen LogP contribution in [0.25, 0.3) is 21.9 Å². The number of alkyl carbamates (subject to hydrolysis) is 1. The number of nitrogens with two attached hydrogens (primary N) is 1. The smallest absolute Gasteiger partial charge is 0.408 e. The van der Waals surface area contributed by atoms with E-state index in [1.54, 1.807) is 32.9 Å². The molecule has 5 amide bonds. The lowest BCUT2D eigenvalue weighted by Gasteiger charge is -2.26. The molecule has 356 valence electrons. The van der Waals surface area contributed by atoms with Crippen LogP contribution in [0, 0.1) is 10.1 Å². The summed E-state index contributed by atoms with van der Waals surface area (Å²) < 4.78 is 5.57. The zero-order valence-electron chi connectivity index (χ0n) is 38.5. The molecule has 69 heavy (non-hydrogen) atoms. The summed E-state index contributed by atoms with van der Waals surface area (Å²) in [5.41, 5.74) is 12.0. The molecule has 0 aliphatic rings. The number of rotatable bonds is 19. The number of nitrogens with zero attached hydrogens (tertiary/aromatic N) is 3. The maximum atomic E-state index is 14.7. The van der Waals surface area contributed by atoms with Gasteiger partial charge in [0.2, 0.25) is 11.8 Å². The highest BCUT2D eigenvalue weighted by Gasteiger charge is 2.31. The van der Waals surface area contributed by atoms with Crippen molar-refractivity contribution in [3.63, 3.8) is 0 Å². The van der Waals surface area contributed by atoms with Crippen LogP contribution in [0.2, 0.25) is 0 Å². The number of hydrogen-bond acceptors (Lipinski definition) is 8. The van der Waals surface area contributed by atoms with Gasteiger partial charge in [0.25, 0.3) is 5.96 Å². The van der Waals surface area contributed by atoms with Crippen molar-refractivity contribution in [1.29, 1.82) is 0 Å². The summed E-state index contributed by atoms with van der Waals surface area (Å²) in [4.78, 5) is 66.9. The molecule has 0 spiro atoms. The molecule has 17 heteroatoms. The molecule has 6 aromatic rings. The maximum Gasteiger partial charge on any atom is 0.408 e. The quantitative estimate of drug-likeness (QED) is 0.0142. The molecule has 0 fully saturated rings. The van der Waals surface area contributed by atoms with Gasteiger partial charge in [-0.1, -0.05) is 158 Å². The molecule has 8 N–H and O–H groups in total. The highest BCUT2D eigenvalue weighted by atomic mass is 16.7. The molecule has 3 atom stereocenters. The van der Waals surface area contributed by atoms with Crippen LogP contribution in [-0.4, -0.2) is 65.4 Å². The number of hydrogen-bond donors (Lipinski definition) is 7. The minimum absolute atomic E-state index is 0.0331. The lowest BCUT2D eigenvalue weighted by molar-refractivity contribution is -0.485. The van der Waals surface area contributed by atoms with Crippen LogP contribution in [-0.2, 0) is 20.7 Å². The summed E-state index contributed by atoms with van der Waals surface area (Å²) in [5, 5.41) is 33.2. The molecule has 0 bridgehead atoms. The van der Waals surface area contributed by atoms with Crippen LogP contribution in [0.1, 0.15) is 68.0 Å². The average Bonchev–Trinajstić information content (AvgIpc) is 3.33. The normalized spacial score (nSPS) is 12.9. The Morgan fingerprint density at radius 3 is 1.93 bits per heavy atom. The fraction of sp³-hybridized carbons (Fsp3) is 0.231. The van der Waals surface area contributed by atoms with Gasteiger partial charge < -0.3 is 37.1 Å². The molecule has 0 aromatic heterocycles. The first-order valence-electron chi connectivity index (χ1n) is 22.4. The number of nitro groups is 1. The number of carbonyl (C=O) groups excluding carboxylic acids is 4. The first kappa shape index (κ1) is 49.8. The lowest BCUT2D eigenvalue weighted by Crippen LogP contribution is -2.54. The summed E-state index contributed by atoms with van der Waals surface area (Å²) >= 11 is 0. The van der Waals surface area contributed by atoms with Gasteiger partial charge in [-0.05, 0) is 77.8 Å². The van der Waals surface area contributed by atoms with Gasteiger partial charge in [0.05, 0.1) is 12.1 Å². The second-order valence-electron chi connectivity index (χ2n) is 17.0. The van der Waals surface area contributed by atoms with E-state index in [0.29, 0.717) is 12.0 Å². The van der Waals surface area contributed by atoms with Crippen molar-refractivity contribution in [2.75, 3.05) is 6.54 Å². The number of guanidine groups is 1. The monoisotopic (exact) mass is 932 g/mol. The van der Waals surface area contributed by atoms with E-state index in [1.165, 1.54) is 6.21 Å². The molecule has 0 aliphatic carbocycles. The van der Waals surface area contributed by atoms with Gasteiger partial charge in [-0.3, -0.25) is 9.59 Å². The zero-order valence-corrected chi connectivity index (χ0v) is 38.5. The average molecular weight is 933 g/mol. The van der Waals surface area contributed by atoms with Crippen molar-refractivity contribution in [2.24, 2.45) is 15.9 Å². The van der Waals surface area contributed by atoms with Crippen LogP contribution in [0.15, 0.2) is 168 Å². The Bertz CT molecular complexity index is 2690. The third kappa shape index (κ3) is 15.5. The Morgan fingerprint density at radius 1 is 0.696 bits per heavy atom. The minimum atomic E-state index is -1.29. The number of carbonyl (C=O) groups is 4. The highest BCUT2D eigenvalue weighted by molar-refractivity contribution is 5.94. The van der Waals surface area contributed by atoms with E-state index in [2.05, 4.69) is 42.2 Å². The number of nitrogens with one attached hydrogen (secondary N) is 6. The Hall–Kier alpha value is -8.60. The Balaban J connectivity index is 1.28. The van der Waals surface area contributed by atoms with Crippen molar-refractivity contribution in [3.8, 4) is 11.1 Å². The van der Waals surface area contributed by atoms with Crippen LogP contribution in [0.5, 0.6) is 0 Å². The van der Waals surface area contributed by atoms with Crippen LogP contribution in [0.4, 0.5) is 9.59 Å². The van der Waals surface area contributed by atoms with Crippen LogP contribution >= 0.6 is 0 Å². The van der Waals surface area contributed by atoms with Gasteiger partial charge in [0.15, 0.2) is 5.03 Å². The van der Waals surface area contributed by atoms with Gasteiger partial charge in [0.1, 0.15) is 22.8 Å². The number of amides is 5. The Morgan fingerprint density at radius 2 is 1.29 bits per heavy atom. The number of benzene rings is 6. The number of ether oxygens (including phenoxy) is 1. The molecule has 0 saturated carbocycles. The molecule has 6 aromatic carbocycles. The van der Waals surface area contributed by atoms with Crippen LogP contribution in [0.3, 0.4) is 0 Å². The van der Waals surface area contributed by atoms with E-state index >= 15 is 0 Å². The van der Waals surface area contributed by atoms with Crippen molar-refractivity contribution in [1.82, 2.24) is 32.0 Å². The Labute approximate surface area is 400 Å². The van der Waals surface area contributed by atoms with Crippen LogP contribution < -0.4 is 37.7 Å². The van der Waals surface area contributed by atoms with Crippen molar-refractivity contribution in [3.05, 3.63) is 190 Å². The van der Waals surface area contributed by atoms with E-state index in [9.17, 15) is 29.3 Å². The Kier molecular flexibility index (Phi) is 17.5. The number of hydrazone groups is 2. The summed E-state index contributed by atoms with van der Waals surface area (Å²) in [5.74, 6) is -1.70. The van der Waals surface area contributed by atoms with Gasteiger partial charge in [0, 0.05) is 19.2 Å². The zero-order chi connectivity index (χ0) is 49.2. The largest absolute Gasteiger partial charge is 0.444 e. The number of fused-ring (bicyclic) bond motifs is 1. The second-order valence-corrected chi connectivity index (χ2v) is 17.0. The summed E-state index contributed by atoms with van der Waals surface area (Å²) in [6.45, 7) is 5.25. The fourth-order valence-electron chi connectivity index (χ4n) is 7.51. The van der Waals surface area contributed by atoms with Crippen molar-refractivity contribution in [2.45, 2.75) is 69.8 Å². The first-order valence-corrected chi connectivity index (χ1v) is 22.4. The maximum absolute atomic E-state index is 14.7. The van der Waals surface area contributed by atoms with Gasteiger partial charge in [-0.15, -0.1) is 0 Å². The third-order valence-electron chi connectivity index (χ3n) is 10.7. The third-order valence-corrected chi connectivity index (χ3v) is 10.7. The van der Waals surface area contributed by atoms with E-state index in [4.69, 9.17) is 10.5 Å². The topological polar surface area (TPSA) is 244 Å². The summed E-state index contributed by atoms with van der Waals surface area (Å²) in [6, 6.07) is 44.5. The molecule has 0 radical (unpaired) electrons. The van der Waals surface area contributed by atoms with Gasteiger partial charge in [-0.2, -0.15) is 5.10 Å². The van der Waals surface area contributed by atoms with Gasteiger partial charge >= 0.3 is 12.1 Å². The van der Waals surface area contributed by atoms with E-state index in [1.807, 2.05) is 146 Å². The predicted molar refractivity (Wildman–Crippen MR) is 266 cm³/mol. The van der Waals surface area contributed by atoms with E-state index < -0.39 is 64.7 Å². The molecule has 2 unspecified atom stereocenters. The molecular formula is C52H56N10O7. The summed E-state index contributed by atoms with van der Waals surface area (Å²) in [6.07, 6.45) is 1.03. The molecule has 0 heterocycles. The number of urea groups is 1. The molecule has 6 rings (SSSR count). The van der Waals surface area contributed by atoms with Gasteiger partial charge in [-0.25, -0.2) is 25.1 Å². The first-order chi connectivity index (χ1) is 33.2. The molecule has 0 saturated heterocycles. The second kappa shape index (κ2) is 24.3.